The molecule has 1 aliphatic rings. The minimum absolute atomic E-state index is 0.00549. The number of nitrogens with zero attached hydrogens (tertiary/aromatic N) is 3. The topological polar surface area (TPSA) is 62.3 Å². The monoisotopic (exact) mass is 443 g/mol. The number of methoxy groups -OCH3 is 2. The molecule has 32 heavy (non-hydrogen) atoms. The van der Waals surface area contributed by atoms with E-state index in [-0.39, 0.29) is 24.2 Å². The molecule has 2 aromatic rings. The molecular formula is C24H30FN3O4. The van der Waals surface area contributed by atoms with E-state index in [1.54, 1.807) is 48.3 Å². The molecule has 7 nitrogen and oxygen atoms in total. The van der Waals surface area contributed by atoms with Gasteiger partial charge in [0.05, 0.1) is 20.8 Å². The first-order valence-electron chi connectivity index (χ1n) is 10.7. The van der Waals surface area contributed by atoms with Crippen LogP contribution in [0.1, 0.15) is 22.8 Å². The van der Waals surface area contributed by atoms with Crippen molar-refractivity contribution in [3.8, 4) is 11.5 Å². The molecule has 0 saturated carbocycles. The molecular weight excluding hydrogens is 413 g/mol. The lowest BCUT2D eigenvalue weighted by Gasteiger charge is -2.35. The number of hydrogen-bond donors (Lipinski definition) is 0. The fraction of sp³-hybridized carbons (Fsp3) is 0.417. The lowest BCUT2D eigenvalue weighted by atomic mass is 10.1. The Balaban J connectivity index is 1.55. The van der Waals surface area contributed by atoms with Crippen molar-refractivity contribution in [1.82, 2.24) is 14.7 Å². The van der Waals surface area contributed by atoms with E-state index in [2.05, 4.69) is 0 Å². The molecule has 1 aliphatic heterocycles. The van der Waals surface area contributed by atoms with Gasteiger partial charge in [-0.05, 0) is 36.8 Å². The van der Waals surface area contributed by atoms with E-state index in [1.165, 1.54) is 12.1 Å². The maximum absolute atomic E-state index is 13.4. The molecule has 2 aromatic carbocycles. The Labute approximate surface area is 188 Å². The minimum atomic E-state index is -0.305. The molecule has 0 radical (unpaired) electrons. The van der Waals surface area contributed by atoms with Crippen LogP contribution >= 0.6 is 0 Å². The molecule has 0 aliphatic carbocycles. The molecule has 0 unspecified atom stereocenters. The number of carbonyl (C=O) groups excluding carboxylic acids is 2. The van der Waals surface area contributed by atoms with Crippen molar-refractivity contribution in [3.05, 3.63) is 59.4 Å². The van der Waals surface area contributed by atoms with Gasteiger partial charge in [0, 0.05) is 50.9 Å². The van der Waals surface area contributed by atoms with Crippen LogP contribution in [0, 0.1) is 5.82 Å². The summed E-state index contributed by atoms with van der Waals surface area (Å²) >= 11 is 0. The van der Waals surface area contributed by atoms with E-state index in [0.717, 1.165) is 5.56 Å². The predicted molar refractivity (Wildman–Crippen MR) is 119 cm³/mol. The zero-order valence-corrected chi connectivity index (χ0v) is 18.8. The molecule has 1 saturated heterocycles. The molecule has 0 bridgehead atoms. The number of carbonyl (C=O) groups is 2. The highest BCUT2D eigenvalue weighted by atomic mass is 19.1. The number of halogens is 1. The Bertz CT molecular complexity index is 922. The van der Waals surface area contributed by atoms with Gasteiger partial charge in [-0.15, -0.1) is 0 Å². The molecule has 1 heterocycles. The van der Waals surface area contributed by atoms with E-state index in [4.69, 9.17) is 9.47 Å². The summed E-state index contributed by atoms with van der Waals surface area (Å²) in [6, 6.07) is 11.4. The number of ether oxygens (including phenoxy) is 2. The minimum Gasteiger partial charge on any atom is -0.497 e. The summed E-state index contributed by atoms with van der Waals surface area (Å²) in [6.45, 7) is 5.39. The van der Waals surface area contributed by atoms with Gasteiger partial charge in [0.2, 0.25) is 5.91 Å². The molecule has 172 valence electrons. The molecule has 1 fully saturated rings. The molecule has 3 rings (SSSR count). The summed E-state index contributed by atoms with van der Waals surface area (Å²) in [5, 5.41) is 0. The van der Waals surface area contributed by atoms with Crippen molar-refractivity contribution >= 4 is 11.8 Å². The third kappa shape index (κ3) is 5.97. The Morgan fingerprint density at radius 3 is 2.22 bits per heavy atom. The van der Waals surface area contributed by atoms with Crippen LogP contribution < -0.4 is 9.47 Å². The van der Waals surface area contributed by atoms with E-state index < -0.39 is 0 Å². The zero-order chi connectivity index (χ0) is 23.1. The van der Waals surface area contributed by atoms with Crippen LogP contribution in [0.5, 0.6) is 11.5 Å². The van der Waals surface area contributed by atoms with Gasteiger partial charge >= 0.3 is 0 Å². The van der Waals surface area contributed by atoms with Crippen LogP contribution in [-0.4, -0.2) is 80.0 Å². The number of likely N-dealkylation sites (N-methyl/N-ethyl adjacent to an activating group) is 1. The Morgan fingerprint density at radius 2 is 1.66 bits per heavy atom. The van der Waals surface area contributed by atoms with Crippen LogP contribution in [0.2, 0.25) is 0 Å². The summed E-state index contributed by atoms with van der Waals surface area (Å²) in [4.78, 5) is 31.3. The fourth-order valence-corrected chi connectivity index (χ4v) is 3.75. The Kier molecular flexibility index (Phi) is 8.05. The summed E-state index contributed by atoms with van der Waals surface area (Å²) in [5.74, 6) is 0.730. The summed E-state index contributed by atoms with van der Waals surface area (Å²) in [5.41, 5.74) is 1.28. The van der Waals surface area contributed by atoms with Gasteiger partial charge in [-0.1, -0.05) is 12.1 Å². The highest BCUT2D eigenvalue weighted by molar-refractivity contribution is 5.95. The number of hydrogen-bond acceptors (Lipinski definition) is 5. The van der Waals surface area contributed by atoms with E-state index >= 15 is 0 Å². The maximum Gasteiger partial charge on any atom is 0.254 e. The number of benzene rings is 2. The van der Waals surface area contributed by atoms with Crippen LogP contribution in [0.4, 0.5) is 4.39 Å². The standard InChI is InChI=1S/C24H30FN3O4/c1-4-27(16-18-6-5-7-20(25)12-18)23(29)17-26-8-10-28(11-9-26)24(30)19-13-21(31-2)15-22(14-19)32-3/h5-7,12-15H,4,8-11,16-17H2,1-3H3. The lowest BCUT2D eigenvalue weighted by Crippen LogP contribution is -2.51. The maximum atomic E-state index is 13.4. The van der Waals surface area contributed by atoms with Crippen LogP contribution in [0.15, 0.2) is 42.5 Å². The van der Waals surface area contributed by atoms with Crippen molar-refractivity contribution in [2.24, 2.45) is 0 Å². The van der Waals surface area contributed by atoms with Crippen molar-refractivity contribution in [3.63, 3.8) is 0 Å². The van der Waals surface area contributed by atoms with Crippen molar-refractivity contribution < 1.29 is 23.5 Å². The molecule has 2 amide bonds. The van der Waals surface area contributed by atoms with Gasteiger partial charge in [-0.2, -0.15) is 0 Å². The van der Waals surface area contributed by atoms with Gasteiger partial charge < -0.3 is 19.3 Å². The summed E-state index contributed by atoms with van der Waals surface area (Å²) in [6.07, 6.45) is 0. The fourth-order valence-electron chi connectivity index (χ4n) is 3.75. The van der Waals surface area contributed by atoms with E-state index in [9.17, 15) is 14.0 Å². The van der Waals surface area contributed by atoms with Crippen molar-refractivity contribution in [1.29, 1.82) is 0 Å². The van der Waals surface area contributed by atoms with Crippen molar-refractivity contribution in [2.45, 2.75) is 13.5 Å². The van der Waals surface area contributed by atoms with Crippen molar-refractivity contribution in [2.75, 3.05) is 53.5 Å². The predicted octanol–water partition coefficient (Wildman–Crippen LogP) is 2.65. The number of rotatable bonds is 8. The largest absolute Gasteiger partial charge is 0.497 e. The Hall–Kier alpha value is -3.13. The smallest absolute Gasteiger partial charge is 0.254 e. The average molecular weight is 444 g/mol. The molecule has 0 aromatic heterocycles. The quantitative estimate of drug-likeness (QED) is 0.628. The van der Waals surface area contributed by atoms with E-state index in [0.29, 0.717) is 56.3 Å². The second-order valence-electron chi connectivity index (χ2n) is 7.71. The first-order valence-corrected chi connectivity index (χ1v) is 10.7. The van der Waals surface area contributed by atoms with Gasteiger partial charge in [0.1, 0.15) is 17.3 Å². The average Bonchev–Trinajstić information content (AvgIpc) is 2.82. The summed E-state index contributed by atoms with van der Waals surface area (Å²) < 4.78 is 24.0. The molecule has 0 atom stereocenters. The van der Waals surface area contributed by atoms with Crippen LogP contribution in [0.3, 0.4) is 0 Å². The van der Waals surface area contributed by atoms with Gasteiger partial charge in [0.25, 0.3) is 5.91 Å². The normalized spacial score (nSPS) is 14.2. The second kappa shape index (κ2) is 10.9. The van der Waals surface area contributed by atoms with Gasteiger partial charge in [-0.3, -0.25) is 14.5 Å². The van der Waals surface area contributed by atoms with Crippen LogP contribution in [-0.2, 0) is 11.3 Å². The zero-order valence-electron chi connectivity index (χ0n) is 18.8. The number of amides is 2. The molecule has 0 spiro atoms. The number of piperazine rings is 1. The third-order valence-corrected chi connectivity index (χ3v) is 5.61. The molecule has 8 heteroatoms. The van der Waals surface area contributed by atoms with Crippen LogP contribution in [0.25, 0.3) is 0 Å². The van der Waals surface area contributed by atoms with E-state index in [1.807, 2.05) is 17.9 Å². The first-order chi connectivity index (χ1) is 15.4. The third-order valence-electron chi connectivity index (χ3n) is 5.61. The first kappa shape index (κ1) is 23.5. The molecule has 0 N–H and O–H groups in total. The van der Waals surface area contributed by atoms with Gasteiger partial charge in [0.15, 0.2) is 0 Å². The van der Waals surface area contributed by atoms with Gasteiger partial charge in [-0.25, -0.2) is 4.39 Å². The summed E-state index contributed by atoms with van der Waals surface area (Å²) in [7, 11) is 3.10. The Morgan fingerprint density at radius 1 is 1.00 bits per heavy atom. The highest BCUT2D eigenvalue weighted by Gasteiger charge is 2.25. The SMILES string of the molecule is CCN(Cc1cccc(F)c1)C(=O)CN1CCN(C(=O)c2cc(OC)cc(OC)c2)CC1. The second-order valence-corrected chi connectivity index (χ2v) is 7.71. The lowest BCUT2D eigenvalue weighted by molar-refractivity contribution is -0.133. The highest BCUT2D eigenvalue weighted by Crippen LogP contribution is 2.24.